The summed E-state index contributed by atoms with van der Waals surface area (Å²) in [7, 11) is 0. The number of hydrogen-bond donors (Lipinski definition) is 0. The fourth-order valence-electron chi connectivity index (χ4n) is 6.76. The molecule has 44 heavy (non-hydrogen) atoms. The molecule has 0 bridgehead atoms. The lowest BCUT2D eigenvalue weighted by Crippen LogP contribution is -1.93. The largest absolute Gasteiger partial charge is 0.264 e. The van der Waals surface area contributed by atoms with Crippen molar-refractivity contribution in [2.75, 3.05) is 0 Å². The van der Waals surface area contributed by atoms with Crippen molar-refractivity contribution in [2.45, 2.75) is 0 Å². The third kappa shape index (κ3) is 3.80. The van der Waals surface area contributed by atoms with Gasteiger partial charge in [0, 0.05) is 56.6 Å². The second-order valence-electron chi connectivity index (χ2n) is 11.2. The molecule has 9 rings (SSSR count). The summed E-state index contributed by atoms with van der Waals surface area (Å²) in [4.78, 5) is 14.6. The van der Waals surface area contributed by atoms with E-state index in [4.69, 9.17) is 9.97 Å². The van der Waals surface area contributed by atoms with Crippen LogP contribution in [0.3, 0.4) is 0 Å². The Morgan fingerprint density at radius 3 is 1.95 bits per heavy atom. The Labute approximate surface area is 254 Å². The van der Waals surface area contributed by atoms with Crippen LogP contribution in [-0.2, 0) is 0 Å². The quantitative estimate of drug-likeness (QED) is 0.202. The summed E-state index contributed by atoms with van der Waals surface area (Å²) < 4.78 is 0. The van der Waals surface area contributed by atoms with Crippen LogP contribution in [0.15, 0.2) is 152 Å². The molecule has 0 aliphatic heterocycles. The normalized spacial score (nSPS) is 11.6. The summed E-state index contributed by atoms with van der Waals surface area (Å²) in [6.45, 7) is 0. The molecule has 0 radical (unpaired) electrons. The fourth-order valence-corrected chi connectivity index (χ4v) is 6.76. The van der Waals surface area contributed by atoms with Crippen LogP contribution in [0.1, 0.15) is 0 Å². The first-order valence-electron chi connectivity index (χ1n) is 14.9. The van der Waals surface area contributed by atoms with Crippen LogP contribution in [0.25, 0.3) is 87.6 Å². The summed E-state index contributed by atoms with van der Waals surface area (Å²) in [5, 5.41) is 9.35. The van der Waals surface area contributed by atoms with Gasteiger partial charge in [-0.3, -0.25) is 9.97 Å². The van der Waals surface area contributed by atoms with E-state index in [2.05, 4.69) is 126 Å². The van der Waals surface area contributed by atoms with Gasteiger partial charge < -0.3 is 0 Å². The van der Waals surface area contributed by atoms with E-state index in [0.29, 0.717) is 0 Å². The number of fused-ring (bicyclic) bond motifs is 8. The summed E-state index contributed by atoms with van der Waals surface area (Å²) in [6, 6.07) is 47.4. The van der Waals surface area contributed by atoms with E-state index in [1.54, 1.807) is 0 Å². The molecular formula is C41H25N3. The molecule has 6 aromatic carbocycles. The maximum atomic E-state index is 5.36. The zero-order valence-electron chi connectivity index (χ0n) is 23.8. The molecule has 3 aromatic heterocycles. The summed E-state index contributed by atoms with van der Waals surface area (Å²) in [6.07, 6.45) is 5.64. The number of hydrogen-bond acceptors (Lipinski definition) is 3. The smallest absolute Gasteiger partial charge is 0.0788 e. The molecule has 0 amide bonds. The Balaban J connectivity index is 1.37. The van der Waals surface area contributed by atoms with E-state index >= 15 is 0 Å². The molecule has 0 aliphatic rings. The first kappa shape index (κ1) is 24.6. The lowest BCUT2D eigenvalue weighted by Gasteiger charge is -2.16. The van der Waals surface area contributed by atoms with Gasteiger partial charge >= 0.3 is 0 Å². The van der Waals surface area contributed by atoms with E-state index < -0.39 is 0 Å². The molecule has 0 fully saturated rings. The second-order valence-corrected chi connectivity index (χ2v) is 11.2. The highest BCUT2D eigenvalue weighted by Crippen LogP contribution is 2.41. The number of nitrogens with zero attached hydrogens (tertiary/aromatic N) is 3. The number of pyridine rings is 3. The monoisotopic (exact) mass is 559 g/mol. The zero-order valence-corrected chi connectivity index (χ0v) is 23.8. The van der Waals surface area contributed by atoms with Gasteiger partial charge in [-0.15, -0.1) is 0 Å². The minimum absolute atomic E-state index is 0.967. The highest BCUT2D eigenvalue weighted by molar-refractivity contribution is 6.28. The van der Waals surface area contributed by atoms with E-state index in [1.807, 2.05) is 30.7 Å². The number of aromatic nitrogens is 3. The molecule has 0 unspecified atom stereocenters. The van der Waals surface area contributed by atoms with Gasteiger partial charge in [0.05, 0.1) is 16.7 Å². The zero-order chi connectivity index (χ0) is 29.0. The van der Waals surface area contributed by atoms with Crippen molar-refractivity contribution >= 4 is 54.1 Å². The van der Waals surface area contributed by atoms with Gasteiger partial charge in [-0.2, -0.15) is 0 Å². The lowest BCUT2D eigenvalue weighted by molar-refractivity contribution is 1.33. The molecule has 204 valence electrons. The third-order valence-electron chi connectivity index (χ3n) is 8.77. The topological polar surface area (TPSA) is 38.7 Å². The van der Waals surface area contributed by atoms with E-state index in [0.717, 1.165) is 49.6 Å². The van der Waals surface area contributed by atoms with Crippen molar-refractivity contribution < 1.29 is 0 Å². The van der Waals surface area contributed by atoms with Crippen LogP contribution in [0.2, 0.25) is 0 Å². The molecule has 3 heteroatoms. The van der Waals surface area contributed by atoms with Gasteiger partial charge in [-0.25, -0.2) is 4.98 Å². The average molecular weight is 560 g/mol. The minimum Gasteiger partial charge on any atom is -0.264 e. The van der Waals surface area contributed by atoms with Crippen molar-refractivity contribution in [3.05, 3.63) is 152 Å². The van der Waals surface area contributed by atoms with Gasteiger partial charge in [0.25, 0.3) is 0 Å². The molecule has 0 N–H and O–H groups in total. The molecule has 0 atom stereocenters. The maximum absolute atomic E-state index is 5.36. The molecule has 0 aliphatic carbocycles. The predicted molar refractivity (Wildman–Crippen MR) is 184 cm³/mol. The Morgan fingerprint density at radius 1 is 0.432 bits per heavy atom. The SMILES string of the molecule is c1ccc(-c2nc3cc(-c4ccc(-c5cccnc5)c5ccccc45)ccc3c3c2ccc2ccc4cccnc4c23)cc1. The van der Waals surface area contributed by atoms with Crippen molar-refractivity contribution in [1.82, 2.24) is 15.0 Å². The van der Waals surface area contributed by atoms with Crippen LogP contribution in [0.4, 0.5) is 0 Å². The van der Waals surface area contributed by atoms with Crippen LogP contribution >= 0.6 is 0 Å². The van der Waals surface area contributed by atoms with Gasteiger partial charge in [0.15, 0.2) is 0 Å². The van der Waals surface area contributed by atoms with Gasteiger partial charge in [0.2, 0.25) is 0 Å². The molecule has 0 saturated carbocycles. The first-order chi connectivity index (χ1) is 21.8. The van der Waals surface area contributed by atoms with Crippen molar-refractivity contribution in [2.24, 2.45) is 0 Å². The Bertz CT molecular complexity index is 2540. The highest BCUT2D eigenvalue weighted by atomic mass is 14.7. The van der Waals surface area contributed by atoms with E-state index in [-0.39, 0.29) is 0 Å². The van der Waals surface area contributed by atoms with Crippen LogP contribution in [-0.4, -0.2) is 15.0 Å². The Kier molecular flexibility index (Phi) is 5.50. The fraction of sp³-hybridized carbons (Fsp3) is 0. The van der Waals surface area contributed by atoms with Gasteiger partial charge in [-0.1, -0.05) is 115 Å². The molecule has 3 nitrogen and oxygen atoms in total. The average Bonchev–Trinajstić information content (AvgIpc) is 3.11. The summed E-state index contributed by atoms with van der Waals surface area (Å²) in [5.74, 6) is 0. The molecule has 0 saturated heterocycles. The Morgan fingerprint density at radius 2 is 1.14 bits per heavy atom. The lowest BCUT2D eigenvalue weighted by atomic mass is 9.90. The van der Waals surface area contributed by atoms with Crippen molar-refractivity contribution in [3.63, 3.8) is 0 Å². The maximum Gasteiger partial charge on any atom is 0.0788 e. The standard InChI is InChI=1S/C41H25N3/c1-2-8-27(9-3-1)40-36-19-16-26-14-15-28-10-7-23-43-41(28)38(26)39(36)35-18-17-29(24-37(35)44-40)31-20-21-32(30-11-6-22-42-25-30)34-13-5-4-12-33(31)34/h1-25H. The summed E-state index contributed by atoms with van der Waals surface area (Å²) in [5.41, 5.74) is 8.68. The molecule has 3 heterocycles. The van der Waals surface area contributed by atoms with Gasteiger partial charge in [-0.05, 0) is 51.0 Å². The molecule has 9 aromatic rings. The molecule has 0 spiro atoms. The summed E-state index contributed by atoms with van der Waals surface area (Å²) >= 11 is 0. The second kappa shape index (κ2) is 9.82. The third-order valence-corrected chi connectivity index (χ3v) is 8.77. The van der Waals surface area contributed by atoms with E-state index in [9.17, 15) is 0 Å². The van der Waals surface area contributed by atoms with Crippen LogP contribution < -0.4 is 0 Å². The van der Waals surface area contributed by atoms with Crippen LogP contribution in [0, 0.1) is 0 Å². The first-order valence-corrected chi connectivity index (χ1v) is 14.9. The van der Waals surface area contributed by atoms with Crippen LogP contribution in [0.5, 0.6) is 0 Å². The Hall–Kier alpha value is -5.93. The molecular weight excluding hydrogens is 534 g/mol. The van der Waals surface area contributed by atoms with Gasteiger partial charge in [0.1, 0.15) is 0 Å². The van der Waals surface area contributed by atoms with Crippen molar-refractivity contribution in [1.29, 1.82) is 0 Å². The number of rotatable bonds is 3. The highest BCUT2D eigenvalue weighted by Gasteiger charge is 2.17. The number of benzene rings is 6. The predicted octanol–water partition coefficient (Wildman–Crippen LogP) is 10.6. The minimum atomic E-state index is 0.967. The van der Waals surface area contributed by atoms with Crippen molar-refractivity contribution in [3.8, 4) is 33.5 Å². The van der Waals surface area contributed by atoms with E-state index in [1.165, 1.54) is 38.1 Å².